The second-order valence-corrected chi connectivity index (χ2v) is 7.24. The van der Waals surface area contributed by atoms with Gasteiger partial charge >= 0.3 is 6.18 Å². The zero-order valence-electron chi connectivity index (χ0n) is 17.5. The Balaban J connectivity index is 1.77. The van der Waals surface area contributed by atoms with Crippen molar-refractivity contribution >= 4 is 0 Å². The predicted molar refractivity (Wildman–Crippen MR) is 117 cm³/mol. The fourth-order valence-corrected chi connectivity index (χ4v) is 2.97. The zero-order valence-corrected chi connectivity index (χ0v) is 17.5. The summed E-state index contributed by atoms with van der Waals surface area (Å²) in [6, 6.07) is 15.4. The fraction of sp³-hybridized carbons (Fsp3) is 0.385. The Kier molecular flexibility index (Phi) is 10.1. The van der Waals surface area contributed by atoms with Crippen molar-refractivity contribution in [3.05, 3.63) is 77.4 Å². The lowest BCUT2D eigenvalue weighted by atomic mass is 10.0. The molecule has 2 aromatic rings. The van der Waals surface area contributed by atoms with Crippen LogP contribution in [-0.2, 0) is 6.42 Å². The maximum absolute atomic E-state index is 12.0. The summed E-state index contributed by atoms with van der Waals surface area (Å²) in [5, 5.41) is 0. The van der Waals surface area contributed by atoms with Gasteiger partial charge in [0.15, 0.2) is 0 Å². The Labute approximate surface area is 178 Å². The van der Waals surface area contributed by atoms with E-state index in [1.54, 1.807) is 24.3 Å². The van der Waals surface area contributed by atoms with Crippen molar-refractivity contribution in [3.63, 3.8) is 0 Å². The van der Waals surface area contributed by atoms with Crippen LogP contribution in [0.4, 0.5) is 13.2 Å². The Bertz CT molecular complexity index is 822. The average Bonchev–Trinajstić information content (AvgIpc) is 2.73. The Morgan fingerprint density at radius 3 is 1.97 bits per heavy atom. The molecule has 0 N–H and O–H groups in total. The molecule has 1 nitrogen and oxygen atoms in total. The van der Waals surface area contributed by atoms with E-state index in [0.717, 1.165) is 23.6 Å². The van der Waals surface area contributed by atoms with Crippen LogP contribution in [0.1, 0.15) is 62.1 Å². The standard InChI is InChI=1S/C26H29F3O/c1-2-3-4-5-6-7-9-22-10-12-23(13-11-22)14-15-24-16-18-25(19-17-24)30-21-8-20-26(27,28)29/h8,10-13,16-20H,2-7,9,21H2,1H3. The number of benzene rings is 2. The van der Waals surface area contributed by atoms with Crippen molar-refractivity contribution < 1.29 is 17.9 Å². The first kappa shape index (κ1) is 23.6. The van der Waals surface area contributed by atoms with Gasteiger partial charge in [-0.15, -0.1) is 0 Å². The van der Waals surface area contributed by atoms with Gasteiger partial charge in [-0.1, -0.05) is 63.0 Å². The second-order valence-electron chi connectivity index (χ2n) is 7.24. The molecule has 0 atom stereocenters. The largest absolute Gasteiger partial charge is 0.490 e. The number of allylic oxidation sites excluding steroid dienone is 1. The molecule has 2 aromatic carbocycles. The summed E-state index contributed by atoms with van der Waals surface area (Å²) in [5.74, 6) is 6.74. The maximum Gasteiger partial charge on any atom is 0.409 e. The van der Waals surface area contributed by atoms with E-state index < -0.39 is 6.18 Å². The highest BCUT2D eigenvalue weighted by atomic mass is 19.4. The lowest BCUT2D eigenvalue weighted by Crippen LogP contribution is -2.02. The smallest absolute Gasteiger partial charge is 0.409 e. The number of ether oxygens (including phenoxy) is 1. The summed E-state index contributed by atoms with van der Waals surface area (Å²) in [4.78, 5) is 0. The minimum absolute atomic E-state index is 0.129. The molecule has 0 amide bonds. The molecule has 0 aliphatic carbocycles. The molecule has 0 saturated carbocycles. The quantitative estimate of drug-likeness (QED) is 0.222. The molecule has 0 aromatic heterocycles. The van der Waals surface area contributed by atoms with Gasteiger partial charge in [0, 0.05) is 17.2 Å². The van der Waals surface area contributed by atoms with Crippen molar-refractivity contribution in [2.24, 2.45) is 0 Å². The molecular formula is C26H29F3O. The van der Waals surface area contributed by atoms with Crippen LogP contribution in [0.2, 0.25) is 0 Å². The molecule has 160 valence electrons. The van der Waals surface area contributed by atoms with Gasteiger partial charge in [-0.2, -0.15) is 13.2 Å². The molecule has 0 fully saturated rings. The van der Waals surface area contributed by atoms with Crippen molar-refractivity contribution in [2.75, 3.05) is 6.61 Å². The molecule has 2 rings (SSSR count). The number of unbranched alkanes of at least 4 members (excludes halogenated alkanes) is 5. The number of halogens is 3. The lowest BCUT2D eigenvalue weighted by molar-refractivity contribution is -0.0801. The molecule has 0 heterocycles. The molecule has 0 aliphatic rings. The van der Waals surface area contributed by atoms with E-state index in [2.05, 4.69) is 30.9 Å². The van der Waals surface area contributed by atoms with Crippen LogP contribution in [0.25, 0.3) is 0 Å². The first-order chi connectivity index (χ1) is 14.5. The van der Waals surface area contributed by atoms with E-state index in [-0.39, 0.29) is 12.7 Å². The third kappa shape index (κ3) is 10.2. The van der Waals surface area contributed by atoms with E-state index in [1.807, 2.05) is 12.1 Å². The van der Waals surface area contributed by atoms with Crippen molar-refractivity contribution in [2.45, 2.75) is 58.0 Å². The van der Waals surface area contributed by atoms with Gasteiger partial charge in [-0.25, -0.2) is 0 Å². The van der Waals surface area contributed by atoms with Gasteiger partial charge in [0.05, 0.1) is 0 Å². The van der Waals surface area contributed by atoms with Crippen LogP contribution < -0.4 is 4.74 Å². The Hall–Kier alpha value is -2.67. The number of alkyl halides is 3. The first-order valence-electron chi connectivity index (χ1n) is 10.5. The number of hydrogen-bond donors (Lipinski definition) is 0. The highest BCUT2D eigenvalue weighted by molar-refractivity contribution is 5.44. The number of rotatable bonds is 10. The number of hydrogen-bond acceptors (Lipinski definition) is 1. The molecule has 30 heavy (non-hydrogen) atoms. The minimum atomic E-state index is -4.31. The molecule has 0 radical (unpaired) electrons. The van der Waals surface area contributed by atoms with Gasteiger partial charge in [0.2, 0.25) is 0 Å². The molecule has 0 saturated heterocycles. The predicted octanol–water partition coefficient (Wildman–Crippen LogP) is 7.49. The maximum atomic E-state index is 12.0. The molecule has 0 aliphatic heterocycles. The third-order valence-electron chi connectivity index (χ3n) is 4.63. The minimum Gasteiger partial charge on any atom is -0.490 e. The van der Waals surface area contributed by atoms with Crippen LogP contribution in [0, 0.1) is 11.8 Å². The summed E-state index contributed by atoms with van der Waals surface area (Å²) < 4.78 is 41.3. The van der Waals surface area contributed by atoms with Crippen LogP contribution in [0.3, 0.4) is 0 Å². The van der Waals surface area contributed by atoms with Gasteiger partial charge in [0.25, 0.3) is 0 Å². The van der Waals surface area contributed by atoms with Crippen molar-refractivity contribution in [1.82, 2.24) is 0 Å². The summed E-state index contributed by atoms with van der Waals surface area (Å²) in [6.07, 6.45) is 5.73. The summed E-state index contributed by atoms with van der Waals surface area (Å²) in [6.45, 7) is 2.11. The summed E-state index contributed by atoms with van der Waals surface area (Å²) >= 11 is 0. The summed E-state index contributed by atoms with van der Waals surface area (Å²) in [5.41, 5.74) is 3.13. The topological polar surface area (TPSA) is 9.23 Å². The van der Waals surface area contributed by atoms with Gasteiger partial charge < -0.3 is 4.74 Å². The van der Waals surface area contributed by atoms with Gasteiger partial charge in [0.1, 0.15) is 12.4 Å². The highest BCUT2D eigenvalue weighted by Crippen LogP contribution is 2.16. The van der Waals surface area contributed by atoms with E-state index in [0.29, 0.717) is 5.75 Å². The zero-order chi connectivity index (χ0) is 21.7. The second kappa shape index (κ2) is 12.8. The van der Waals surface area contributed by atoms with Crippen LogP contribution in [0.15, 0.2) is 60.7 Å². The Morgan fingerprint density at radius 1 is 0.800 bits per heavy atom. The fourth-order valence-electron chi connectivity index (χ4n) is 2.97. The average molecular weight is 415 g/mol. The SMILES string of the molecule is CCCCCCCCc1ccc(C#Cc2ccc(OCC=CC(F)(F)F)cc2)cc1. The lowest BCUT2D eigenvalue weighted by Gasteiger charge is -2.03. The van der Waals surface area contributed by atoms with Crippen LogP contribution in [0.5, 0.6) is 5.75 Å². The van der Waals surface area contributed by atoms with Gasteiger partial charge in [-0.3, -0.25) is 0 Å². The third-order valence-corrected chi connectivity index (χ3v) is 4.63. The van der Waals surface area contributed by atoms with Crippen LogP contribution in [-0.4, -0.2) is 12.8 Å². The molecule has 0 spiro atoms. The monoisotopic (exact) mass is 414 g/mol. The molecule has 0 bridgehead atoms. The van der Waals surface area contributed by atoms with E-state index >= 15 is 0 Å². The van der Waals surface area contributed by atoms with Gasteiger partial charge in [-0.05, 0) is 60.9 Å². The highest BCUT2D eigenvalue weighted by Gasteiger charge is 2.21. The van der Waals surface area contributed by atoms with E-state index in [1.165, 1.54) is 44.1 Å². The van der Waals surface area contributed by atoms with Crippen molar-refractivity contribution in [1.29, 1.82) is 0 Å². The van der Waals surface area contributed by atoms with E-state index in [9.17, 15) is 13.2 Å². The summed E-state index contributed by atoms with van der Waals surface area (Å²) in [7, 11) is 0. The number of aryl methyl sites for hydroxylation is 1. The normalized spacial score (nSPS) is 11.3. The molecule has 0 unspecified atom stereocenters. The van der Waals surface area contributed by atoms with Crippen LogP contribution >= 0.6 is 0 Å². The van der Waals surface area contributed by atoms with Crippen molar-refractivity contribution in [3.8, 4) is 17.6 Å². The molecular weight excluding hydrogens is 385 g/mol. The first-order valence-corrected chi connectivity index (χ1v) is 10.5. The molecule has 4 heteroatoms. The van der Waals surface area contributed by atoms with E-state index in [4.69, 9.17) is 4.74 Å². The Morgan fingerprint density at radius 2 is 1.37 bits per heavy atom.